The first-order valence-corrected chi connectivity index (χ1v) is 13.6. The normalized spacial score (nSPS) is 12.0. The van der Waals surface area contributed by atoms with Crippen LogP contribution in [0.15, 0.2) is 78.9 Å². The Morgan fingerprint density at radius 1 is 0.947 bits per heavy atom. The molecule has 0 radical (unpaired) electrons. The quantitative estimate of drug-likeness (QED) is 0.267. The predicted octanol–water partition coefficient (Wildman–Crippen LogP) is 6.57. The van der Waals surface area contributed by atoms with Crippen molar-refractivity contribution in [2.24, 2.45) is 0 Å². The minimum Gasteiger partial charge on any atom is -0.484 e. The molecule has 0 aliphatic carbocycles. The summed E-state index contributed by atoms with van der Waals surface area (Å²) in [5.74, 6) is 0.171. The van der Waals surface area contributed by atoms with Gasteiger partial charge in [-0.25, -0.2) is 0 Å². The number of nitrogens with zero attached hydrogens (tertiary/aromatic N) is 1. The van der Waals surface area contributed by atoms with Crippen LogP contribution in [0.2, 0.25) is 5.02 Å². The van der Waals surface area contributed by atoms with E-state index in [2.05, 4.69) is 33.0 Å². The number of hydrogen-bond donors (Lipinski definition) is 1. The van der Waals surface area contributed by atoms with E-state index in [1.807, 2.05) is 72.8 Å². The highest BCUT2D eigenvalue weighted by Crippen LogP contribution is 2.24. The van der Waals surface area contributed by atoms with E-state index in [0.717, 1.165) is 24.0 Å². The van der Waals surface area contributed by atoms with Gasteiger partial charge in [-0.1, -0.05) is 100 Å². The average molecular weight is 535 g/mol. The molecule has 5 nitrogen and oxygen atoms in total. The molecular weight excluding hydrogens is 496 g/mol. The molecule has 0 spiro atoms. The van der Waals surface area contributed by atoms with Gasteiger partial charge >= 0.3 is 0 Å². The molecule has 38 heavy (non-hydrogen) atoms. The second-order valence-corrected chi connectivity index (χ2v) is 11.0. The fourth-order valence-corrected chi connectivity index (χ4v) is 4.38. The van der Waals surface area contributed by atoms with E-state index in [4.69, 9.17) is 16.3 Å². The van der Waals surface area contributed by atoms with Crippen LogP contribution in [-0.2, 0) is 28.0 Å². The Balaban J connectivity index is 1.86. The number of hydrogen-bond acceptors (Lipinski definition) is 3. The smallest absolute Gasteiger partial charge is 0.261 e. The number of nitrogens with one attached hydrogen (secondary N) is 1. The van der Waals surface area contributed by atoms with E-state index in [1.54, 1.807) is 11.0 Å². The summed E-state index contributed by atoms with van der Waals surface area (Å²) in [5.41, 5.74) is 3.04. The van der Waals surface area contributed by atoms with E-state index < -0.39 is 6.04 Å². The van der Waals surface area contributed by atoms with Gasteiger partial charge in [0.15, 0.2) is 6.61 Å². The molecule has 0 unspecified atom stereocenters. The highest BCUT2D eigenvalue weighted by Gasteiger charge is 2.30. The summed E-state index contributed by atoms with van der Waals surface area (Å²) >= 11 is 6.24. The zero-order valence-corrected chi connectivity index (χ0v) is 23.6. The van der Waals surface area contributed by atoms with Crippen molar-refractivity contribution in [1.29, 1.82) is 0 Å². The average Bonchev–Trinajstić information content (AvgIpc) is 2.89. The van der Waals surface area contributed by atoms with Crippen LogP contribution in [0.1, 0.15) is 57.2 Å². The van der Waals surface area contributed by atoms with Crippen molar-refractivity contribution < 1.29 is 14.3 Å². The standard InChI is InChI=1S/C32H39ClN2O3/c1-5-6-19-34-31(37)29(21-24-11-8-7-9-12-24)35(22-25-13-10-14-27(33)20-25)30(36)23-38-28-17-15-26(16-18-28)32(2,3)4/h7-18,20,29H,5-6,19,21-23H2,1-4H3,(H,34,37)/t29-/m0/s1. The molecule has 0 saturated carbocycles. The Morgan fingerprint density at radius 2 is 1.63 bits per heavy atom. The number of rotatable bonds is 12. The third-order valence-corrected chi connectivity index (χ3v) is 6.66. The van der Waals surface area contributed by atoms with Gasteiger partial charge in [0.05, 0.1) is 0 Å². The summed E-state index contributed by atoms with van der Waals surface area (Å²) in [6.07, 6.45) is 2.24. The summed E-state index contributed by atoms with van der Waals surface area (Å²) in [6, 6.07) is 24.2. The minimum absolute atomic E-state index is 0.0257. The van der Waals surface area contributed by atoms with Crippen molar-refractivity contribution in [3.8, 4) is 5.75 Å². The zero-order valence-electron chi connectivity index (χ0n) is 22.9. The number of unbranched alkanes of at least 4 members (excludes halogenated alkanes) is 1. The van der Waals surface area contributed by atoms with Crippen molar-refractivity contribution in [1.82, 2.24) is 10.2 Å². The Labute approximate surface area is 232 Å². The van der Waals surface area contributed by atoms with Crippen LogP contribution in [0.5, 0.6) is 5.75 Å². The Morgan fingerprint density at radius 3 is 2.26 bits per heavy atom. The number of carbonyl (C=O) groups is 2. The molecule has 0 saturated heterocycles. The largest absolute Gasteiger partial charge is 0.484 e. The number of benzene rings is 3. The first-order chi connectivity index (χ1) is 18.2. The van der Waals surface area contributed by atoms with E-state index in [9.17, 15) is 9.59 Å². The van der Waals surface area contributed by atoms with E-state index >= 15 is 0 Å². The van der Waals surface area contributed by atoms with Gasteiger partial charge in [0.1, 0.15) is 11.8 Å². The van der Waals surface area contributed by atoms with Gasteiger partial charge in [0, 0.05) is 24.5 Å². The van der Waals surface area contributed by atoms with Crippen molar-refractivity contribution >= 4 is 23.4 Å². The molecule has 3 rings (SSSR count). The van der Waals surface area contributed by atoms with Gasteiger partial charge < -0.3 is 15.0 Å². The topological polar surface area (TPSA) is 58.6 Å². The van der Waals surface area contributed by atoms with Crippen molar-refractivity contribution in [3.05, 3.63) is 101 Å². The van der Waals surface area contributed by atoms with E-state index in [-0.39, 0.29) is 30.4 Å². The lowest BCUT2D eigenvalue weighted by atomic mass is 9.87. The molecular formula is C32H39ClN2O3. The van der Waals surface area contributed by atoms with Crippen LogP contribution in [0.25, 0.3) is 0 Å². The second kappa shape index (κ2) is 14.0. The van der Waals surface area contributed by atoms with Crippen LogP contribution < -0.4 is 10.1 Å². The van der Waals surface area contributed by atoms with Crippen LogP contribution in [-0.4, -0.2) is 35.9 Å². The molecule has 3 aromatic rings. The van der Waals surface area contributed by atoms with E-state index in [1.165, 1.54) is 5.56 Å². The minimum atomic E-state index is -0.701. The maximum absolute atomic E-state index is 13.7. The Bertz CT molecular complexity index is 1170. The third kappa shape index (κ3) is 8.91. The first kappa shape index (κ1) is 29.2. The van der Waals surface area contributed by atoms with E-state index in [0.29, 0.717) is 23.7 Å². The fourth-order valence-electron chi connectivity index (χ4n) is 4.17. The molecule has 0 heterocycles. The monoisotopic (exact) mass is 534 g/mol. The molecule has 202 valence electrons. The number of halogens is 1. The summed E-state index contributed by atoms with van der Waals surface area (Å²) in [6.45, 7) is 9.16. The lowest BCUT2D eigenvalue weighted by Gasteiger charge is -2.31. The molecule has 0 aliphatic rings. The third-order valence-electron chi connectivity index (χ3n) is 6.43. The molecule has 2 amide bonds. The highest BCUT2D eigenvalue weighted by molar-refractivity contribution is 6.30. The molecule has 1 N–H and O–H groups in total. The van der Waals surface area contributed by atoms with Crippen LogP contribution in [0.3, 0.4) is 0 Å². The van der Waals surface area contributed by atoms with Crippen molar-refractivity contribution in [2.45, 2.75) is 65.0 Å². The van der Waals surface area contributed by atoms with Crippen molar-refractivity contribution in [2.75, 3.05) is 13.2 Å². The molecule has 1 atom stereocenters. The first-order valence-electron chi connectivity index (χ1n) is 13.3. The Kier molecular flexibility index (Phi) is 10.8. The van der Waals surface area contributed by atoms with Crippen LogP contribution in [0.4, 0.5) is 0 Å². The summed E-state index contributed by atoms with van der Waals surface area (Å²) < 4.78 is 5.91. The number of amides is 2. The maximum Gasteiger partial charge on any atom is 0.261 e. The van der Waals surface area contributed by atoms with Gasteiger partial charge in [-0.05, 0) is 52.8 Å². The summed E-state index contributed by atoms with van der Waals surface area (Å²) in [5, 5.41) is 3.61. The molecule has 0 aromatic heterocycles. The van der Waals surface area contributed by atoms with Gasteiger partial charge in [-0.15, -0.1) is 0 Å². The Hall–Kier alpha value is -3.31. The van der Waals surface area contributed by atoms with Gasteiger partial charge in [-0.2, -0.15) is 0 Å². The molecule has 0 fully saturated rings. The van der Waals surface area contributed by atoms with Crippen LogP contribution >= 0.6 is 11.6 Å². The molecule has 3 aromatic carbocycles. The van der Waals surface area contributed by atoms with Crippen LogP contribution in [0, 0.1) is 0 Å². The molecule has 0 bridgehead atoms. The number of carbonyl (C=O) groups excluding carboxylic acids is 2. The van der Waals surface area contributed by atoms with Gasteiger partial charge in [-0.3, -0.25) is 9.59 Å². The predicted molar refractivity (Wildman–Crippen MR) is 154 cm³/mol. The SMILES string of the molecule is CCCCNC(=O)[C@H](Cc1ccccc1)N(Cc1cccc(Cl)c1)C(=O)COc1ccc(C(C)(C)C)cc1. The van der Waals surface area contributed by atoms with Gasteiger partial charge in [0.25, 0.3) is 5.91 Å². The molecule has 0 aliphatic heterocycles. The zero-order chi connectivity index (χ0) is 27.5. The summed E-state index contributed by atoms with van der Waals surface area (Å²) in [7, 11) is 0. The van der Waals surface area contributed by atoms with Crippen molar-refractivity contribution in [3.63, 3.8) is 0 Å². The lowest BCUT2D eigenvalue weighted by Crippen LogP contribution is -2.51. The summed E-state index contributed by atoms with van der Waals surface area (Å²) in [4.78, 5) is 28.8. The fraction of sp³-hybridized carbons (Fsp3) is 0.375. The lowest BCUT2D eigenvalue weighted by molar-refractivity contribution is -0.142. The molecule has 6 heteroatoms. The number of ether oxygens (including phenoxy) is 1. The van der Waals surface area contributed by atoms with Gasteiger partial charge in [0.2, 0.25) is 5.91 Å². The highest BCUT2D eigenvalue weighted by atomic mass is 35.5. The maximum atomic E-state index is 13.7. The second-order valence-electron chi connectivity index (χ2n) is 10.6.